The number of rotatable bonds is 7. The Labute approximate surface area is 190 Å². The van der Waals surface area contributed by atoms with Crippen molar-refractivity contribution in [3.63, 3.8) is 0 Å². The average Bonchev–Trinajstić information content (AvgIpc) is 2.87. The zero-order valence-electron chi connectivity index (χ0n) is 17.9. The van der Waals surface area contributed by atoms with Crippen molar-refractivity contribution in [3.05, 3.63) is 42.5 Å². The van der Waals surface area contributed by atoms with Crippen molar-refractivity contribution in [2.75, 3.05) is 25.6 Å². The Hall–Kier alpha value is -2.11. The van der Waals surface area contributed by atoms with E-state index in [0.717, 1.165) is 24.9 Å². The lowest BCUT2D eigenvalue weighted by molar-refractivity contribution is -0.0500. The Morgan fingerprint density at radius 3 is 2.44 bits per heavy atom. The van der Waals surface area contributed by atoms with E-state index >= 15 is 0 Å². The van der Waals surface area contributed by atoms with Gasteiger partial charge in [-0.2, -0.15) is 21.6 Å². The number of anilines is 2. The third kappa shape index (κ3) is 5.26. The number of benzene rings is 2. The molecule has 0 aromatic heterocycles. The SMILES string of the molecule is CCCCC1CN(c2ccccc2)c2cc(OC)c(OS(=O)(=O)C(F)(F)F)cc2SN1C. The molecule has 1 aliphatic heterocycles. The van der Waals surface area contributed by atoms with Crippen molar-refractivity contribution in [3.8, 4) is 11.5 Å². The predicted molar refractivity (Wildman–Crippen MR) is 119 cm³/mol. The molecule has 176 valence electrons. The molecule has 1 heterocycles. The van der Waals surface area contributed by atoms with E-state index in [0.29, 0.717) is 17.1 Å². The molecule has 1 atom stereocenters. The van der Waals surface area contributed by atoms with E-state index < -0.39 is 21.4 Å². The number of para-hydroxylation sites is 1. The maximum Gasteiger partial charge on any atom is 0.534 e. The molecule has 0 amide bonds. The van der Waals surface area contributed by atoms with Crippen LogP contribution in [0.5, 0.6) is 11.5 Å². The van der Waals surface area contributed by atoms with Crippen molar-refractivity contribution in [1.82, 2.24) is 4.31 Å². The second-order valence-corrected chi connectivity index (χ2v) is 10.1. The standard InChI is InChI=1S/C21H25F3N2O4S2/c1-4-5-9-16-14-26(15-10-7-6-8-11-15)17-12-18(29-3)19(13-20(17)31-25(16)2)30-32(27,28)21(22,23)24/h6-8,10-13,16H,4-5,9,14H2,1-3H3. The number of unbranched alkanes of at least 4 members (excludes halogenated alkanes) is 1. The minimum atomic E-state index is -5.84. The molecule has 0 N–H and O–H groups in total. The highest BCUT2D eigenvalue weighted by Crippen LogP contribution is 2.47. The van der Waals surface area contributed by atoms with Gasteiger partial charge in [0.1, 0.15) is 0 Å². The van der Waals surface area contributed by atoms with Crippen LogP contribution < -0.4 is 13.8 Å². The maximum absolute atomic E-state index is 12.9. The quantitative estimate of drug-likeness (QED) is 0.286. The summed E-state index contributed by atoms with van der Waals surface area (Å²) in [5.74, 6) is -0.614. The summed E-state index contributed by atoms with van der Waals surface area (Å²) in [6, 6.07) is 12.6. The van der Waals surface area contributed by atoms with Crippen molar-refractivity contribution in [2.45, 2.75) is 42.6 Å². The van der Waals surface area contributed by atoms with Gasteiger partial charge in [0.15, 0.2) is 11.5 Å². The fourth-order valence-corrected chi connectivity index (χ4v) is 4.94. The molecular formula is C21H25F3N2O4S2. The van der Waals surface area contributed by atoms with Crippen LogP contribution in [0.4, 0.5) is 24.5 Å². The van der Waals surface area contributed by atoms with Crippen LogP contribution in [-0.4, -0.2) is 45.0 Å². The first-order chi connectivity index (χ1) is 15.1. The number of hydrogen-bond donors (Lipinski definition) is 0. The summed E-state index contributed by atoms with van der Waals surface area (Å²) >= 11 is 1.34. The third-order valence-corrected chi connectivity index (χ3v) is 7.20. The van der Waals surface area contributed by atoms with E-state index in [9.17, 15) is 21.6 Å². The number of ether oxygens (including phenoxy) is 1. The molecule has 1 aliphatic rings. The third-order valence-electron chi connectivity index (χ3n) is 5.13. The van der Waals surface area contributed by atoms with Gasteiger partial charge in [-0.25, -0.2) is 4.31 Å². The Balaban J connectivity index is 2.11. The Bertz CT molecular complexity index is 1030. The number of likely N-dealkylation sites (N-methyl/N-ethyl adjacent to an activating group) is 1. The largest absolute Gasteiger partial charge is 0.534 e. The average molecular weight is 491 g/mol. The highest BCUT2D eigenvalue weighted by atomic mass is 32.2. The molecule has 11 heteroatoms. The van der Waals surface area contributed by atoms with Gasteiger partial charge in [-0.3, -0.25) is 0 Å². The normalized spacial score (nSPS) is 17.6. The van der Waals surface area contributed by atoms with Crippen LogP contribution in [0.3, 0.4) is 0 Å². The van der Waals surface area contributed by atoms with Gasteiger partial charge in [0.2, 0.25) is 0 Å². The van der Waals surface area contributed by atoms with Crippen LogP contribution in [0, 0.1) is 0 Å². The van der Waals surface area contributed by atoms with Crippen molar-refractivity contribution in [1.29, 1.82) is 0 Å². The molecule has 2 aromatic rings. The summed E-state index contributed by atoms with van der Waals surface area (Å²) in [6.45, 7) is 2.76. The summed E-state index contributed by atoms with van der Waals surface area (Å²) in [5, 5.41) is 0. The van der Waals surface area contributed by atoms with E-state index in [1.165, 1.54) is 31.2 Å². The van der Waals surface area contributed by atoms with E-state index in [-0.39, 0.29) is 11.8 Å². The zero-order chi connectivity index (χ0) is 23.5. The highest BCUT2D eigenvalue weighted by molar-refractivity contribution is 7.97. The van der Waals surface area contributed by atoms with Gasteiger partial charge in [0.05, 0.1) is 17.7 Å². The van der Waals surface area contributed by atoms with Gasteiger partial charge in [0, 0.05) is 30.4 Å². The summed E-state index contributed by atoms with van der Waals surface area (Å²) < 4.78 is 73.6. The van der Waals surface area contributed by atoms with E-state index in [1.807, 2.05) is 41.7 Å². The summed E-state index contributed by atoms with van der Waals surface area (Å²) in [5.41, 5.74) is -3.94. The molecular weight excluding hydrogens is 465 g/mol. The molecule has 32 heavy (non-hydrogen) atoms. The molecule has 0 saturated heterocycles. The minimum absolute atomic E-state index is 0.104. The van der Waals surface area contributed by atoms with Crippen molar-refractivity contribution < 1.29 is 30.5 Å². The van der Waals surface area contributed by atoms with Gasteiger partial charge in [0.25, 0.3) is 0 Å². The molecule has 1 unspecified atom stereocenters. The monoisotopic (exact) mass is 490 g/mol. The number of methoxy groups -OCH3 is 1. The van der Waals surface area contributed by atoms with Gasteiger partial charge >= 0.3 is 15.6 Å². The smallest absolute Gasteiger partial charge is 0.493 e. The first-order valence-corrected chi connectivity index (χ1v) is 12.2. The topological polar surface area (TPSA) is 59.1 Å². The lowest BCUT2D eigenvalue weighted by Gasteiger charge is -2.30. The Kier molecular flexibility index (Phi) is 7.51. The molecule has 0 aliphatic carbocycles. The van der Waals surface area contributed by atoms with Gasteiger partial charge in [-0.15, -0.1) is 0 Å². The molecule has 0 spiro atoms. The number of halogens is 3. The van der Waals surface area contributed by atoms with Crippen LogP contribution in [0.15, 0.2) is 47.4 Å². The second kappa shape index (κ2) is 9.80. The van der Waals surface area contributed by atoms with Crippen LogP contribution in [0.1, 0.15) is 26.2 Å². The highest BCUT2D eigenvalue weighted by Gasteiger charge is 2.49. The first kappa shape index (κ1) is 24.5. The molecule has 0 saturated carbocycles. The molecule has 0 fully saturated rings. The lowest BCUT2D eigenvalue weighted by Crippen LogP contribution is -2.35. The number of hydrogen-bond acceptors (Lipinski definition) is 7. The van der Waals surface area contributed by atoms with Crippen molar-refractivity contribution in [2.24, 2.45) is 0 Å². The second-order valence-electron chi connectivity index (χ2n) is 7.33. The van der Waals surface area contributed by atoms with Crippen LogP contribution in [0.2, 0.25) is 0 Å². The molecule has 0 bridgehead atoms. The van der Waals surface area contributed by atoms with E-state index in [4.69, 9.17) is 4.74 Å². The van der Waals surface area contributed by atoms with Gasteiger partial charge in [-0.05, 0) is 37.5 Å². The molecule has 6 nitrogen and oxygen atoms in total. The van der Waals surface area contributed by atoms with Crippen molar-refractivity contribution >= 4 is 33.4 Å². The van der Waals surface area contributed by atoms with Gasteiger partial charge in [-0.1, -0.05) is 38.0 Å². The Morgan fingerprint density at radius 2 is 1.84 bits per heavy atom. The summed E-state index contributed by atoms with van der Waals surface area (Å²) in [6.07, 6.45) is 2.99. The fraction of sp³-hybridized carbons (Fsp3) is 0.429. The van der Waals surface area contributed by atoms with Crippen LogP contribution in [0.25, 0.3) is 0 Å². The van der Waals surface area contributed by atoms with Gasteiger partial charge < -0.3 is 13.8 Å². The molecule has 2 aromatic carbocycles. The first-order valence-electron chi connectivity index (χ1n) is 10.0. The number of nitrogens with zero attached hydrogens (tertiary/aromatic N) is 2. The lowest BCUT2D eigenvalue weighted by atomic mass is 10.1. The van der Waals surface area contributed by atoms with E-state index in [1.54, 1.807) is 0 Å². The van der Waals surface area contributed by atoms with Crippen LogP contribution >= 0.6 is 11.9 Å². The van der Waals surface area contributed by atoms with E-state index in [2.05, 4.69) is 16.0 Å². The fourth-order valence-electron chi connectivity index (χ4n) is 3.42. The molecule has 3 rings (SSSR count). The molecule has 0 radical (unpaired) electrons. The minimum Gasteiger partial charge on any atom is -0.493 e. The number of fused-ring (bicyclic) bond motifs is 1. The Morgan fingerprint density at radius 1 is 1.16 bits per heavy atom. The summed E-state index contributed by atoms with van der Waals surface area (Å²) in [7, 11) is -2.67. The predicted octanol–water partition coefficient (Wildman–Crippen LogP) is 5.57. The van der Waals surface area contributed by atoms with Crippen LogP contribution in [-0.2, 0) is 10.1 Å². The summed E-state index contributed by atoms with van der Waals surface area (Å²) in [4.78, 5) is 2.63. The maximum atomic E-state index is 12.9. The number of alkyl halides is 3. The zero-order valence-corrected chi connectivity index (χ0v) is 19.6.